The molecule has 0 radical (unpaired) electrons. The van der Waals surface area contributed by atoms with Gasteiger partial charge in [-0.1, -0.05) is 0 Å². The minimum absolute atomic E-state index is 0.181. The SMILES string of the molecule is CC(=O)OCC1=C(C(=O)O)N2C(=O)[C@@H](NC(=O)CCl)[C@H]2SC1. The largest absolute Gasteiger partial charge is 0.477 e. The summed E-state index contributed by atoms with van der Waals surface area (Å²) in [6, 6.07) is -0.791. The normalized spacial score (nSPS) is 23.5. The second kappa shape index (κ2) is 6.57. The molecule has 0 aromatic rings. The van der Waals surface area contributed by atoms with Crippen LogP contribution in [-0.2, 0) is 23.9 Å². The van der Waals surface area contributed by atoms with E-state index in [0.29, 0.717) is 5.57 Å². The minimum Gasteiger partial charge on any atom is -0.477 e. The number of carbonyl (C=O) groups is 4. The van der Waals surface area contributed by atoms with Gasteiger partial charge >= 0.3 is 11.9 Å². The van der Waals surface area contributed by atoms with Crippen molar-refractivity contribution in [2.24, 2.45) is 0 Å². The molecule has 0 unspecified atom stereocenters. The van der Waals surface area contributed by atoms with Gasteiger partial charge < -0.3 is 15.2 Å². The van der Waals surface area contributed by atoms with Gasteiger partial charge in [-0.25, -0.2) is 4.79 Å². The Kier molecular flexibility index (Phi) is 4.97. The zero-order chi connectivity index (χ0) is 16.4. The number of alkyl halides is 1. The number of fused-ring (bicyclic) bond motifs is 1. The molecule has 0 aromatic heterocycles. The lowest BCUT2D eigenvalue weighted by atomic mass is 10.0. The molecule has 0 aliphatic carbocycles. The minimum atomic E-state index is -1.28. The Hall–Kier alpha value is -1.74. The van der Waals surface area contributed by atoms with Gasteiger partial charge in [0, 0.05) is 18.2 Å². The molecule has 2 aliphatic rings. The Balaban J connectivity index is 2.19. The Morgan fingerprint density at radius 2 is 2.18 bits per heavy atom. The number of β-lactam (4-membered cyclic amide) rings is 1. The number of amides is 2. The summed E-state index contributed by atoms with van der Waals surface area (Å²) in [6.45, 7) is 1.03. The molecule has 2 N–H and O–H groups in total. The van der Waals surface area contributed by atoms with Crippen LogP contribution in [-0.4, -0.2) is 63.4 Å². The number of rotatable bonds is 5. The number of hydrogen-bond acceptors (Lipinski definition) is 6. The number of thioether (sulfide) groups is 1. The fourth-order valence-electron chi connectivity index (χ4n) is 2.20. The third-order valence-electron chi connectivity index (χ3n) is 3.14. The van der Waals surface area contributed by atoms with Crippen molar-refractivity contribution in [2.45, 2.75) is 18.3 Å². The van der Waals surface area contributed by atoms with Crippen LogP contribution in [0, 0.1) is 0 Å². The molecule has 2 heterocycles. The second-order valence-electron chi connectivity index (χ2n) is 4.63. The maximum atomic E-state index is 12.1. The number of carboxylic acid groups (broad SMARTS) is 1. The van der Waals surface area contributed by atoms with Crippen molar-refractivity contribution >= 4 is 47.1 Å². The fraction of sp³-hybridized carbons (Fsp3) is 0.500. The lowest BCUT2D eigenvalue weighted by Gasteiger charge is -2.49. The van der Waals surface area contributed by atoms with Gasteiger partial charge in [-0.3, -0.25) is 19.3 Å². The van der Waals surface area contributed by atoms with Crippen molar-refractivity contribution in [3.63, 3.8) is 0 Å². The van der Waals surface area contributed by atoms with E-state index in [4.69, 9.17) is 16.3 Å². The van der Waals surface area contributed by atoms with Crippen LogP contribution in [0.1, 0.15) is 6.92 Å². The van der Waals surface area contributed by atoms with E-state index in [0.717, 1.165) is 4.90 Å². The van der Waals surface area contributed by atoms with Crippen LogP contribution in [0.2, 0.25) is 0 Å². The number of ether oxygens (including phenoxy) is 1. The number of hydrogen-bond donors (Lipinski definition) is 2. The van der Waals surface area contributed by atoms with Crippen molar-refractivity contribution in [1.29, 1.82) is 0 Å². The van der Waals surface area contributed by atoms with Crippen LogP contribution in [0.15, 0.2) is 11.3 Å². The van der Waals surface area contributed by atoms with E-state index in [1.54, 1.807) is 0 Å². The first-order chi connectivity index (χ1) is 10.4. The van der Waals surface area contributed by atoms with Crippen LogP contribution in [0.4, 0.5) is 0 Å². The molecule has 8 nitrogen and oxygen atoms in total. The highest BCUT2D eigenvalue weighted by molar-refractivity contribution is 8.00. The van der Waals surface area contributed by atoms with Crippen molar-refractivity contribution < 1.29 is 29.0 Å². The average molecular weight is 349 g/mol. The van der Waals surface area contributed by atoms with Crippen LogP contribution < -0.4 is 5.32 Å². The summed E-state index contributed by atoms with van der Waals surface area (Å²) in [5, 5.41) is 11.3. The van der Waals surface area contributed by atoms with E-state index in [-0.39, 0.29) is 23.9 Å². The van der Waals surface area contributed by atoms with Gasteiger partial charge in [0.25, 0.3) is 5.91 Å². The van der Waals surface area contributed by atoms with Crippen molar-refractivity contribution in [2.75, 3.05) is 18.2 Å². The van der Waals surface area contributed by atoms with Gasteiger partial charge in [0.2, 0.25) is 5.91 Å². The first-order valence-corrected chi connectivity index (χ1v) is 7.83. The zero-order valence-electron chi connectivity index (χ0n) is 11.5. The molecule has 0 saturated carbocycles. The summed E-state index contributed by atoms with van der Waals surface area (Å²) in [5.41, 5.74) is 0.158. The fourth-order valence-corrected chi connectivity index (χ4v) is 3.60. The summed E-state index contributed by atoms with van der Waals surface area (Å²) in [7, 11) is 0. The van der Waals surface area contributed by atoms with E-state index in [1.165, 1.54) is 18.7 Å². The number of esters is 1. The number of carbonyl (C=O) groups excluding carboxylic acids is 3. The van der Waals surface area contributed by atoms with Crippen LogP contribution in [0.5, 0.6) is 0 Å². The second-order valence-corrected chi connectivity index (χ2v) is 6.00. The Morgan fingerprint density at radius 1 is 1.50 bits per heavy atom. The molecular formula is C12H13ClN2O6S. The zero-order valence-corrected chi connectivity index (χ0v) is 13.1. The quantitative estimate of drug-likeness (QED) is 0.392. The van der Waals surface area contributed by atoms with Crippen molar-refractivity contribution in [1.82, 2.24) is 10.2 Å². The van der Waals surface area contributed by atoms with Gasteiger partial charge in [-0.15, -0.1) is 23.4 Å². The monoisotopic (exact) mass is 348 g/mol. The van der Waals surface area contributed by atoms with Crippen molar-refractivity contribution in [3.8, 4) is 0 Å². The summed E-state index contributed by atoms with van der Waals surface area (Å²) < 4.78 is 4.81. The molecular weight excluding hydrogens is 336 g/mol. The molecule has 120 valence electrons. The van der Waals surface area contributed by atoms with Gasteiger partial charge in [-0.05, 0) is 0 Å². The van der Waals surface area contributed by atoms with E-state index < -0.39 is 35.2 Å². The number of carboxylic acids is 1. The maximum absolute atomic E-state index is 12.1. The predicted molar refractivity (Wildman–Crippen MR) is 77.0 cm³/mol. The summed E-state index contributed by atoms with van der Waals surface area (Å²) in [5.74, 6) is -2.81. The molecule has 10 heteroatoms. The molecule has 2 rings (SSSR count). The van der Waals surface area contributed by atoms with Crippen molar-refractivity contribution in [3.05, 3.63) is 11.3 Å². The lowest BCUT2D eigenvalue weighted by molar-refractivity contribution is -0.150. The standard InChI is InChI=1S/C12H13ClN2O6S/c1-5(16)21-3-6-4-22-11-8(14-7(17)2-13)10(18)15(11)9(6)12(19)20/h8,11H,2-4H2,1H3,(H,14,17)(H,19,20)/t8-,11-/m1/s1. The van der Waals surface area contributed by atoms with Gasteiger partial charge in [-0.2, -0.15) is 0 Å². The van der Waals surface area contributed by atoms with Crippen LogP contribution in [0.25, 0.3) is 0 Å². The topological polar surface area (TPSA) is 113 Å². The average Bonchev–Trinajstić information content (AvgIpc) is 2.48. The van der Waals surface area contributed by atoms with E-state index in [2.05, 4.69) is 5.32 Å². The highest BCUT2D eigenvalue weighted by Gasteiger charge is 2.54. The lowest BCUT2D eigenvalue weighted by Crippen LogP contribution is -2.70. The highest BCUT2D eigenvalue weighted by Crippen LogP contribution is 2.40. The number of nitrogens with zero attached hydrogens (tertiary/aromatic N) is 1. The van der Waals surface area contributed by atoms with E-state index in [1.807, 2.05) is 0 Å². The maximum Gasteiger partial charge on any atom is 0.352 e. The third-order valence-corrected chi connectivity index (χ3v) is 4.72. The van der Waals surface area contributed by atoms with Gasteiger partial charge in [0.05, 0.1) is 0 Å². The first kappa shape index (κ1) is 16.6. The molecule has 1 saturated heterocycles. The van der Waals surface area contributed by atoms with Gasteiger partial charge in [0.1, 0.15) is 29.6 Å². The van der Waals surface area contributed by atoms with E-state index >= 15 is 0 Å². The van der Waals surface area contributed by atoms with Crippen LogP contribution >= 0.6 is 23.4 Å². The molecule has 0 bridgehead atoms. The number of aliphatic carboxylic acids is 1. The molecule has 0 aromatic carbocycles. The Labute approximate surface area is 134 Å². The molecule has 2 amide bonds. The predicted octanol–water partition coefficient (Wildman–Crippen LogP) is -0.473. The Bertz CT molecular complexity index is 578. The van der Waals surface area contributed by atoms with Gasteiger partial charge in [0.15, 0.2) is 0 Å². The first-order valence-electron chi connectivity index (χ1n) is 6.25. The molecule has 2 aliphatic heterocycles. The third kappa shape index (κ3) is 3.05. The molecule has 2 atom stereocenters. The summed E-state index contributed by atoms with van der Waals surface area (Å²) in [6.07, 6.45) is 0. The number of halogens is 1. The smallest absolute Gasteiger partial charge is 0.352 e. The highest BCUT2D eigenvalue weighted by atomic mass is 35.5. The molecule has 1 fully saturated rings. The van der Waals surface area contributed by atoms with E-state index in [9.17, 15) is 24.3 Å². The van der Waals surface area contributed by atoms with Crippen LogP contribution in [0.3, 0.4) is 0 Å². The summed E-state index contributed by atoms with van der Waals surface area (Å²) >= 11 is 6.67. The Morgan fingerprint density at radius 3 is 2.73 bits per heavy atom. The molecule has 22 heavy (non-hydrogen) atoms. The number of nitrogens with one attached hydrogen (secondary N) is 1. The molecule has 0 spiro atoms. The summed E-state index contributed by atoms with van der Waals surface area (Å²) in [4.78, 5) is 46.8.